The average Bonchev–Trinajstić information content (AvgIpc) is 2.31. The minimum absolute atomic E-state index is 0.0308. The Kier molecular flexibility index (Phi) is 9.11. The van der Waals surface area contributed by atoms with Gasteiger partial charge in [0, 0.05) is 13.1 Å². The molecule has 0 aliphatic carbocycles. The number of ether oxygens (including phenoxy) is 2. The molecule has 1 unspecified atom stereocenters. The van der Waals surface area contributed by atoms with Crippen molar-refractivity contribution in [3.05, 3.63) is 0 Å². The van der Waals surface area contributed by atoms with Crippen LogP contribution < -0.4 is 11.1 Å². The van der Waals surface area contributed by atoms with Crippen LogP contribution in [0, 0.1) is 11.3 Å². The molecule has 20 heavy (non-hydrogen) atoms. The third kappa shape index (κ3) is 8.84. The molecule has 0 aromatic rings. The fraction of sp³-hybridized carbons (Fsp3) is 0.846. The third-order valence-electron chi connectivity index (χ3n) is 2.69. The van der Waals surface area contributed by atoms with E-state index in [0.717, 1.165) is 0 Å². The molecule has 0 aromatic heterocycles. The first kappa shape index (κ1) is 18.8. The quantitative estimate of drug-likeness (QED) is 0.482. The molecule has 4 N–H and O–H groups in total. The molecule has 0 aliphatic rings. The number of carbonyl (C=O) groups excluding carboxylic acids is 1. The summed E-state index contributed by atoms with van der Waals surface area (Å²) in [6.07, 6.45) is 0. The Balaban J connectivity index is 3.75. The van der Waals surface area contributed by atoms with E-state index in [1.165, 1.54) is 0 Å². The molecule has 0 radical (unpaired) electrons. The first-order chi connectivity index (χ1) is 9.29. The van der Waals surface area contributed by atoms with Crippen molar-refractivity contribution in [1.82, 2.24) is 5.32 Å². The zero-order chi connectivity index (χ0) is 15.6. The Morgan fingerprint density at radius 3 is 2.40 bits per heavy atom. The molecule has 7 nitrogen and oxygen atoms in total. The van der Waals surface area contributed by atoms with E-state index < -0.39 is 11.9 Å². The van der Waals surface area contributed by atoms with Gasteiger partial charge >= 0.3 is 5.97 Å². The number of hydrogen-bond acceptors (Lipinski definition) is 5. The standard InChI is InChI=1S/C13H26N2O5/c1-13(2,3)10(12(17)18)8-20-7-5-15-11(16)9-19-6-4-14/h10H,4-9,14H2,1-3H3,(H,15,16)(H,17,18). The maximum absolute atomic E-state index is 11.3. The van der Waals surface area contributed by atoms with Crippen molar-refractivity contribution in [1.29, 1.82) is 0 Å². The van der Waals surface area contributed by atoms with Crippen LogP contribution in [-0.4, -0.2) is 56.5 Å². The van der Waals surface area contributed by atoms with Gasteiger partial charge in [-0.15, -0.1) is 0 Å². The van der Waals surface area contributed by atoms with Gasteiger partial charge in [0.2, 0.25) is 5.91 Å². The summed E-state index contributed by atoms with van der Waals surface area (Å²) < 4.78 is 10.3. The van der Waals surface area contributed by atoms with E-state index in [1.54, 1.807) is 0 Å². The minimum atomic E-state index is -0.878. The maximum atomic E-state index is 11.3. The number of aliphatic carboxylic acids is 1. The summed E-state index contributed by atoms with van der Waals surface area (Å²) in [5.41, 5.74) is 4.85. The lowest BCUT2D eigenvalue weighted by Crippen LogP contribution is -2.35. The van der Waals surface area contributed by atoms with Crippen molar-refractivity contribution in [3.63, 3.8) is 0 Å². The predicted molar refractivity (Wildman–Crippen MR) is 74.3 cm³/mol. The normalized spacial score (nSPS) is 13.0. The molecule has 0 heterocycles. The lowest BCUT2D eigenvalue weighted by molar-refractivity contribution is -0.148. The Bertz CT molecular complexity index is 302. The van der Waals surface area contributed by atoms with E-state index in [9.17, 15) is 9.59 Å². The second-order valence-corrected chi connectivity index (χ2v) is 5.52. The molecule has 1 amide bonds. The summed E-state index contributed by atoms with van der Waals surface area (Å²) in [5, 5.41) is 11.7. The highest BCUT2D eigenvalue weighted by Crippen LogP contribution is 2.26. The van der Waals surface area contributed by atoms with E-state index >= 15 is 0 Å². The maximum Gasteiger partial charge on any atom is 0.309 e. The van der Waals surface area contributed by atoms with E-state index in [-0.39, 0.29) is 31.1 Å². The van der Waals surface area contributed by atoms with Crippen LogP contribution in [0.1, 0.15) is 20.8 Å². The largest absolute Gasteiger partial charge is 0.481 e. The Hall–Kier alpha value is -1.18. The Labute approximate surface area is 119 Å². The number of carboxylic acids is 1. The zero-order valence-electron chi connectivity index (χ0n) is 12.5. The summed E-state index contributed by atoms with van der Waals surface area (Å²) in [7, 11) is 0. The monoisotopic (exact) mass is 290 g/mol. The summed E-state index contributed by atoms with van der Waals surface area (Å²) >= 11 is 0. The summed E-state index contributed by atoms with van der Waals surface area (Å²) in [4.78, 5) is 22.3. The average molecular weight is 290 g/mol. The molecular formula is C13H26N2O5. The van der Waals surface area contributed by atoms with Crippen LogP contribution in [0.4, 0.5) is 0 Å². The number of amides is 1. The smallest absolute Gasteiger partial charge is 0.309 e. The molecule has 0 bridgehead atoms. The van der Waals surface area contributed by atoms with E-state index in [1.807, 2.05) is 20.8 Å². The Morgan fingerprint density at radius 1 is 1.25 bits per heavy atom. The van der Waals surface area contributed by atoms with Crippen LogP contribution in [0.5, 0.6) is 0 Å². The highest BCUT2D eigenvalue weighted by atomic mass is 16.5. The number of hydrogen-bond donors (Lipinski definition) is 3. The number of nitrogens with one attached hydrogen (secondary N) is 1. The summed E-state index contributed by atoms with van der Waals surface area (Å²) in [6, 6.07) is 0. The van der Waals surface area contributed by atoms with Crippen molar-refractivity contribution < 1.29 is 24.2 Å². The van der Waals surface area contributed by atoms with Gasteiger partial charge in [-0.05, 0) is 5.41 Å². The fourth-order valence-corrected chi connectivity index (χ4v) is 1.45. The SMILES string of the molecule is CC(C)(C)C(COCCNC(=O)COCCN)C(=O)O. The molecule has 0 spiro atoms. The van der Waals surface area contributed by atoms with Crippen LogP contribution >= 0.6 is 0 Å². The van der Waals surface area contributed by atoms with Gasteiger partial charge in [-0.25, -0.2) is 0 Å². The van der Waals surface area contributed by atoms with Crippen molar-refractivity contribution in [2.24, 2.45) is 17.1 Å². The lowest BCUT2D eigenvalue weighted by atomic mass is 9.81. The van der Waals surface area contributed by atoms with Crippen LogP contribution in [0.2, 0.25) is 0 Å². The number of rotatable bonds is 10. The summed E-state index contributed by atoms with van der Waals surface area (Å²) in [6.45, 7) is 6.96. The first-order valence-corrected chi connectivity index (χ1v) is 6.64. The van der Waals surface area contributed by atoms with E-state index in [0.29, 0.717) is 19.7 Å². The van der Waals surface area contributed by atoms with Gasteiger partial charge in [0.05, 0.1) is 25.7 Å². The molecule has 0 saturated heterocycles. The van der Waals surface area contributed by atoms with Crippen molar-refractivity contribution >= 4 is 11.9 Å². The second-order valence-electron chi connectivity index (χ2n) is 5.52. The van der Waals surface area contributed by atoms with Crippen LogP contribution in [-0.2, 0) is 19.1 Å². The van der Waals surface area contributed by atoms with Gasteiger partial charge in [0.1, 0.15) is 6.61 Å². The van der Waals surface area contributed by atoms with Crippen LogP contribution in [0.3, 0.4) is 0 Å². The van der Waals surface area contributed by atoms with Gasteiger partial charge in [0.15, 0.2) is 0 Å². The minimum Gasteiger partial charge on any atom is -0.481 e. The highest BCUT2D eigenvalue weighted by molar-refractivity contribution is 5.77. The van der Waals surface area contributed by atoms with Crippen molar-refractivity contribution in [2.75, 3.05) is 39.5 Å². The Morgan fingerprint density at radius 2 is 1.90 bits per heavy atom. The van der Waals surface area contributed by atoms with Crippen molar-refractivity contribution in [2.45, 2.75) is 20.8 Å². The van der Waals surface area contributed by atoms with Gasteiger partial charge in [-0.3, -0.25) is 9.59 Å². The molecule has 0 aliphatic heterocycles. The van der Waals surface area contributed by atoms with Gasteiger partial charge < -0.3 is 25.6 Å². The molecule has 7 heteroatoms. The molecule has 1 atom stereocenters. The predicted octanol–water partition coefficient (Wildman–Crippen LogP) is -0.159. The molecule has 0 rings (SSSR count). The third-order valence-corrected chi connectivity index (χ3v) is 2.69. The van der Waals surface area contributed by atoms with E-state index in [4.69, 9.17) is 20.3 Å². The van der Waals surface area contributed by atoms with Gasteiger partial charge in [-0.2, -0.15) is 0 Å². The van der Waals surface area contributed by atoms with Crippen LogP contribution in [0.15, 0.2) is 0 Å². The zero-order valence-corrected chi connectivity index (χ0v) is 12.5. The molecular weight excluding hydrogens is 264 g/mol. The number of carboxylic acid groups (broad SMARTS) is 1. The number of nitrogens with two attached hydrogens (primary N) is 1. The molecule has 0 saturated carbocycles. The molecule has 0 aromatic carbocycles. The second kappa shape index (κ2) is 9.68. The molecule has 118 valence electrons. The van der Waals surface area contributed by atoms with E-state index in [2.05, 4.69) is 5.32 Å². The number of carbonyl (C=O) groups is 2. The van der Waals surface area contributed by atoms with Crippen LogP contribution in [0.25, 0.3) is 0 Å². The molecule has 0 fully saturated rings. The fourth-order valence-electron chi connectivity index (χ4n) is 1.45. The van der Waals surface area contributed by atoms with Crippen molar-refractivity contribution in [3.8, 4) is 0 Å². The lowest BCUT2D eigenvalue weighted by Gasteiger charge is -2.26. The van der Waals surface area contributed by atoms with Gasteiger partial charge in [0.25, 0.3) is 0 Å². The first-order valence-electron chi connectivity index (χ1n) is 6.64. The summed E-state index contributed by atoms with van der Waals surface area (Å²) in [5.74, 6) is -1.70. The topological polar surface area (TPSA) is 111 Å². The van der Waals surface area contributed by atoms with Gasteiger partial charge in [-0.1, -0.05) is 20.8 Å². The highest BCUT2D eigenvalue weighted by Gasteiger charge is 2.31.